The highest BCUT2D eigenvalue weighted by Crippen LogP contribution is 2.30. The van der Waals surface area contributed by atoms with Crippen molar-refractivity contribution in [2.45, 2.75) is 25.4 Å². The van der Waals surface area contributed by atoms with Crippen molar-refractivity contribution < 1.29 is 13.9 Å². The highest BCUT2D eigenvalue weighted by molar-refractivity contribution is 5.97. The van der Waals surface area contributed by atoms with Crippen LogP contribution in [0.3, 0.4) is 0 Å². The number of aromatic nitrogens is 1. The molecule has 1 fully saturated rings. The Morgan fingerprint density at radius 3 is 2.81 bits per heavy atom. The van der Waals surface area contributed by atoms with Gasteiger partial charge in [-0.2, -0.15) is 0 Å². The molecule has 0 saturated carbocycles. The number of nitrogens with one attached hydrogen (secondary N) is 1. The SMILES string of the molecule is COc1ccccc1C(=O)N[C@H](c1ccccn1)[C@H]1CCCN(Cc2cccc(F)c2)C1. The predicted octanol–water partition coefficient (Wildman–Crippen LogP) is 4.61. The molecule has 0 spiro atoms. The van der Waals surface area contributed by atoms with E-state index in [1.165, 1.54) is 6.07 Å². The molecule has 3 aromatic rings. The van der Waals surface area contributed by atoms with Gasteiger partial charge in [0.1, 0.15) is 11.6 Å². The minimum atomic E-state index is -0.232. The molecule has 2 atom stereocenters. The second kappa shape index (κ2) is 10.4. The fourth-order valence-electron chi connectivity index (χ4n) is 4.44. The van der Waals surface area contributed by atoms with Crippen LogP contribution >= 0.6 is 0 Å². The van der Waals surface area contributed by atoms with Gasteiger partial charge in [0.2, 0.25) is 0 Å². The lowest BCUT2D eigenvalue weighted by Gasteiger charge is -2.37. The van der Waals surface area contributed by atoms with Crippen LogP contribution in [0.1, 0.15) is 40.5 Å². The predicted molar refractivity (Wildman–Crippen MR) is 122 cm³/mol. The highest BCUT2D eigenvalue weighted by Gasteiger charge is 2.31. The average Bonchev–Trinajstić information content (AvgIpc) is 2.83. The van der Waals surface area contributed by atoms with Gasteiger partial charge in [0.15, 0.2) is 0 Å². The van der Waals surface area contributed by atoms with Crippen LogP contribution in [0.5, 0.6) is 5.75 Å². The quantitative estimate of drug-likeness (QED) is 0.591. The molecule has 1 aliphatic heterocycles. The molecule has 6 heteroatoms. The number of methoxy groups -OCH3 is 1. The van der Waals surface area contributed by atoms with Crippen LogP contribution in [0.25, 0.3) is 0 Å². The van der Waals surface area contributed by atoms with E-state index in [2.05, 4.69) is 15.2 Å². The first-order chi connectivity index (χ1) is 15.6. The van der Waals surface area contributed by atoms with Gasteiger partial charge in [-0.1, -0.05) is 30.3 Å². The van der Waals surface area contributed by atoms with Crippen LogP contribution in [-0.4, -0.2) is 36.0 Å². The third-order valence-corrected chi connectivity index (χ3v) is 5.95. The molecular weight excluding hydrogens is 405 g/mol. The smallest absolute Gasteiger partial charge is 0.255 e. The number of halogens is 1. The second-order valence-corrected chi connectivity index (χ2v) is 8.17. The van der Waals surface area contributed by atoms with E-state index in [-0.39, 0.29) is 23.7 Å². The number of amides is 1. The molecule has 1 N–H and O–H groups in total. The summed E-state index contributed by atoms with van der Waals surface area (Å²) < 4.78 is 19.0. The number of hydrogen-bond donors (Lipinski definition) is 1. The van der Waals surface area contributed by atoms with Crippen LogP contribution in [0.4, 0.5) is 4.39 Å². The Labute approximate surface area is 188 Å². The van der Waals surface area contributed by atoms with E-state index in [1.54, 1.807) is 37.6 Å². The molecule has 5 nitrogen and oxygen atoms in total. The Hall–Kier alpha value is -3.25. The Bertz CT molecular complexity index is 1040. The van der Waals surface area contributed by atoms with Crippen LogP contribution in [0.15, 0.2) is 72.9 Å². The van der Waals surface area contributed by atoms with E-state index in [9.17, 15) is 9.18 Å². The number of benzene rings is 2. The zero-order valence-corrected chi connectivity index (χ0v) is 18.2. The molecule has 1 aliphatic rings. The van der Waals surface area contributed by atoms with Gasteiger partial charge in [-0.05, 0) is 67.3 Å². The number of ether oxygens (including phenoxy) is 1. The summed E-state index contributed by atoms with van der Waals surface area (Å²) >= 11 is 0. The van der Waals surface area contributed by atoms with E-state index < -0.39 is 0 Å². The van der Waals surface area contributed by atoms with Crippen molar-refractivity contribution in [3.05, 3.63) is 95.6 Å². The number of rotatable bonds is 7. The fraction of sp³-hybridized carbons (Fsp3) is 0.308. The summed E-state index contributed by atoms with van der Waals surface area (Å²) in [6.45, 7) is 2.43. The number of pyridine rings is 1. The van der Waals surface area contributed by atoms with Gasteiger partial charge in [0.25, 0.3) is 5.91 Å². The first-order valence-corrected chi connectivity index (χ1v) is 11.0. The molecule has 0 radical (unpaired) electrons. The van der Waals surface area contributed by atoms with Crippen LogP contribution in [0, 0.1) is 11.7 Å². The van der Waals surface area contributed by atoms with E-state index >= 15 is 0 Å². The number of nitrogens with zero attached hydrogens (tertiary/aromatic N) is 2. The molecule has 0 bridgehead atoms. The van der Waals surface area contributed by atoms with Crippen molar-refractivity contribution in [3.8, 4) is 5.75 Å². The van der Waals surface area contributed by atoms with Crippen molar-refractivity contribution >= 4 is 5.91 Å². The van der Waals surface area contributed by atoms with E-state index in [4.69, 9.17) is 4.74 Å². The molecule has 2 heterocycles. The number of piperidine rings is 1. The number of hydrogen-bond acceptors (Lipinski definition) is 4. The summed E-state index contributed by atoms with van der Waals surface area (Å²) in [5, 5.41) is 3.22. The van der Waals surface area contributed by atoms with Gasteiger partial charge < -0.3 is 10.1 Å². The van der Waals surface area contributed by atoms with Gasteiger partial charge >= 0.3 is 0 Å². The maximum atomic E-state index is 13.6. The Kier molecular flexibility index (Phi) is 7.12. The van der Waals surface area contributed by atoms with Gasteiger partial charge in [0.05, 0.1) is 24.4 Å². The normalized spacial score (nSPS) is 17.5. The summed E-state index contributed by atoms with van der Waals surface area (Å²) in [4.78, 5) is 20.1. The molecule has 166 valence electrons. The molecular formula is C26H28FN3O2. The van der Waals surface area contributed by atoms with E-state index in [0.717, 1.165) is 37.2 Å². The Morgan fingerprint density at radius 1 is 1.19 bits per heavy atom. The third kappa shape index (κ3) is 5.32. The third-order valence-electron chi connectivity index (χ3n) is 5.95. The van der Waals surface area contributed by atoms with Crippen molar-refractivity contribution in [2.24, 2.45) is 5.92 Å². The first-order valence-electron chi connectivity index (χ1n) is 11.0. The highest BCUT2D eigenvalue weighted by atomic mass is 19.1. The van der Waals surface area contributed by atoms with Crippen molar-refractivity contribution in [2.75, 3.05) is 20.2 Å². The number of carbonyl (C=O) groups is 1. The van der Waals surface area contributed by atoms with Gasteiger partial charge in [-0.25, -0.2) is 4.39 Å². The summed E-state index contributed by atoms with van der Waals surface area (Å²) in [5.74, 6) is 0.332. The summed E-state index contributed by atoms with van der Waals surface area (Å²) in [6, 6.07) is 19.5. The van der Waals surface area contributed by atoms with Crippen LogP contribution in [-0.2, 0) is 6.54 Å². The molecule has 1 saturated heterocycles. The molecule has 0 aliphatic carbocycles. The second-order valence-electron chi connectivity index (χ2n) is 8.17. The number of para-hydroxylation sites is 1. The maximum Gasteiger partial charge on any atom is 0.255 e. The molecule has 1 aromatic heterocycles. The summed E-state index contributed by atoms with van der Waals surface area (Å²) in [5.41, 5.74) is 2.30. The van der Waals surface area contributed by atoms with Crippen molar-refractivity contribution in [1.29, 1.82) is 0 Å². The van der Waals surface area contributed by atoms with Crippen LogP contribution in [0.2, 0.25) is 0 Å². The van der Waals surface area contributed by atoms with Gasteiger partial charge in [0, 0.05) is 19.3 Å². The molecule has 2 aromatic carbocycles. The summed E-state index contributed by atoms with van der Waals surface area (Å²) in [7, 11) is 1.56. The lowest BCUT2D eigenvalue weighted by Crippen LogP contribution is -2.43. The standard InChI is InChI=1S/C26H28FN3O2/c1-32-24-13-3-2-11-22(24)26(31)29-25(23-12-4-5-14-28-23)20-9-7-15-30(18-20)17-19-8-6-10-21(27)16-19/h2-6,8,10-14,16,20,25H,7,9,15,17-18H2,1H3,(H,29,31)/t20-,25-/m0/s1. The Balaban J connectivity index is 1.54. The largest absolute Gasteiger partial charge is 0.496 e. The van der Waals surface area contributed by atoms with E-state index in [0.29, 0.717) is 17.9 Å². The Morgan fingerprint density at radius 2 is 2.03 bits per heavy atom. The van der Waals surface area contributed by atoms with Gasteiger partial charge in [-0.15, -0.1) is 0 Å². The average molecular weight is 434 g/mol. The molecule has 4 rings (SSSR count). The van der Waals surface area contributed by atoms with Crippen LogP contribution < -0.4 is 10.1 Å². The number of likely N-dealkylation sites (tertiary alicyclic amines) is 1. The fourth-order valence-corrected chi connectivity index (χ4v) is 4.44. The maximum absolute atomic E-state index is 13.6. The van der Waals surface area contributed by atoms with Crippen molar-refractivity contribution in [3.63, 3.8) is 0 Å². The minimum absolute atomic E-state index is 0.180. The molecule has 32 heavy (non-hydrogen) atoms. The molecule has 0 unspecified atom stereocenters. The first kappa shape index (κ1) is 22.0. The van der Waals surface area contributed by atoms with E-state index in [1.807, 2.05) is 36.4 Å². The minimum Gasteiger partial charge on any atom is -0.496 e. The lowest BCUT2D eigenvalue weighted by atomic mass is 9.88. The monoisotopic (exact) mass is 433 g/mol. The van der Waals surface area contributed by atoms with Crippen molar-refractivity contribution in [1.82, 2.24) is 15.2 Å². The zero-order chi connectivity index (χ0) is 22.3. The lowest BCUT2D eigenvalue weighted by molar-refractivity contribution is 0.0872. The van der Waals surface area contributed by atoms with Gasteiger partial charge in [-0.3, -0.25) is 14.7 Å². The summed E-state index contributed by atoms with van der Waals surface area (Å²) in [6.07, 6.45) is 3.74. The molecule has 1 amide bonds. The number of carbonyl (C=O) groups excluding carboxylic acids is 1. The zero-order valence-electron chi connectivity index (χ0n) is 18.2. The topological polar surface area (TPSA) is 54.5 Å².